The Kier molecular flexibility index (Phi) is 4.59. The number of carboxylic acids is 1. The van der Waals surface area contributed by atoms with E-state index >= 15 is 0 Å². The lowest BCUT2D eigenvalue weighted by atomic mass is 9.49. The molecule has 2 heterocycles. The van der Waals surface area contributed by atoms with E-state index in [0.29, 0.717) is 25.0 Å². The highest BCUT2D eigenvalue weighted by Crippen LogP contribution is 2.64. The third-order valence-electron chi connectivity index (χ3n) is 7.92. The molecule has 5 rings (SSSR count). The molecule has 0 radical (unpaired) electrons. The number of Topliss-reactive ketones (excluding diaryl/α,β-unsaturated/α-hetero) is 1. The van der Waals surface area contributed by atoms with Crippen LogP contribution >= 0.6 is 0 Å². The molecular formula is C23H28N2O7. The minimum atomic E-state index is -1.15. The second kappa shape index (κ2) is 6.92. The fraction of sp³-hybridized carbons (Fsp3) is 0.609. The first-order valence-electron chi connectivity index (χ1n) is 11.1. The van der Waals surface area contributed by atoms with Gasteiger partial charge < -0.3 is 29.9 Å². The number of likely N-dealkylation sites (N-methyl/N-ethyl adjacent to an activating group) is 1. The van der Waals surface area contributed by atoms with E-state index in [4.69, 9.17) is 9.47 Å². The summed E-state index contributed by atoms with van der Waals surface area (Å²) in [7, 11) is 2.00. The van der Waals surface area contributed by atoms with E-state index < -0.39 is 35.2 Å². The quantitative estimate of drug-likeness (QED) is 0.633. The van der Waals surface area contributed by atoms with E-state index in [-0.39, 0.29) is 29.9 Å². The van der Waals surface area contributed by atoms with E-state index in [9.17, 15) is 24.6 Å². The molecule has 0 aromatic heterocycles. The Morgan fingerprint density at radius 1 is 1.31 bits per heavy atom. The van der Waals surface area contributed by atoms with Crippen molar-refractivity contribution in [3.63, 3.8) is 0 Å². The Morgan fingerprint density at radius 2 is 2.06 bits per heavy atom. The lowest BCUT2D eigenvalue weighted by Gasteiger charge is -2.61. The number of likely N-dealkylation sites (tertiary alicyclic amines) is 1. The summed E-state index contributed by atoms with van der Waals surface area (Å²) in [6.07, 6.45) is 0.0692. The van der Waals surface area contributed by atoms with Crippen LogP contribution in [-0.2, 0) is 21.4 Å². The Labute approximate surface area is 185 Å². The first kappa shape index (κ1) is 21.2. The van der Waals surface area contributed by atoms with Crippen molar-refractivity contribution < 1.29 is 34.1 Å². The predicted octanol–water partition coefficient (Wildman–Crippen LogP) is 1.24. The smallest absolute Gasteiger partial charge is 0.413 e. The van der Waals surface area contributed by atoms with E-state index in [0.717, 1.165) is 17.7 Å². The van der Waals surface area contributed by atoms with Crippen molar-refractivity contribution in [2.45, 2.75) is 68.7 Å². The molecule has 1 aromatic rings. The largest absolute Gasteiger partial charge is 0.480 e. The summed E-state index contributed by atoms with van der Waals surface area (Å²) in [6, 6.07) is 2.26. The maximum absolute atomic E-state index is 12.9. The highest BCUT2D eigenvalue weighted by atomic mass is 16.6. The summed E-state index contributed by atoms with van der Waals surface area (Å²) in [5, 5.41) is 23.7. The van der Waals surface area contributed by atoms with Crippen molar-refractivity contribution in [3.8, 4) is 11.5 Å². The van der Waals surface area contributed by atoms with Crippen LogP contribution in [0.25, 0.3) is 0 Å². The highest BCUT2D eigenvalue weighted by Gasteiger charge is 2.72. The topological polar surface area (TPSA) is 125 Å². The summed E-state index contributed by atoms with van der Waals surface area (Å²) >= 11 is 0. The van der Waals surface area contributed by atoms with Gasteiger partial charge in [0.15, 0.2) is 23.4 Å². The number of ether oxygens (including phenoxy) is 2. The number of carbonyl (C=O) groups is 3. The Hall–Kier alpha value is -2.65. The van der Waals surface area contributed by atoms with Crippen LogP contribution < -0.4 is 14.8 Å². The molecule has 9 nitrogen and oxygen atoms in total. The molecule has 5 atom stereocenters. The maximum Gasteiger partial charge on any atom is 0.413 e. The van der Waals surface area contributed by atoms with Crippen molar-refractivity contribution in [1.29, 1.82) is 0 Å². The second-order valence-corrected chi connectivity index (χ2v) is 9.83. The molecule has 2 aliphatic heterocycles. The lowest BCUT2D eigenvalue weighted by Crippen LogP contribution is -2.76. The van der Waals surface area contributed by atoms with Crippen molar-refractivity contribution >= 4 is 17.8 Å². The zero-order valence-corrected chi connectivity index (χ0v) is 18.4. The number of aliphatic carboxylic acids is 1. The number of piperidine rings is 1. The van der Waals surface area contributed by atoms with Gasteiger partial charge in [-0.25, -0.2) is 9.59 Å². The van der Waals surface area contributed by atoms with E-state index in [1.165, 1.54) is 0 Å². The lowest BCUT2D eigenvalue weighted by molar-refractivity contribution is -0.185. The third kappa shape index (κ3) is 2.61. The Morgan fingerprint density at radius 3 is 2.75 bits per heavy atom. The summed E-state index contributed by atoms with van der Waals surface area (Å²) in [5.74, 6) is -1.09. The minimum absolute atomic E-state index is 0.0526. The maximum atomic E-state index is 12.9. The van der Waals surface area contributed by atoms with Gasteiger partial charge in [0.25, 0.3) is 0 Å². The van der Waals surface area contributed by atoms with E-state index in [1.807, 2.05) is 13.1 Å². The van der Waals surface area contributed by atoms with E-state index in [1.54, 1.807) is 19.9 Å². The number of nitrogens with zero attached hydrogens (tertiary/aromatic N) is 1. The van der Waals surface area contributed by atoms with Gasteiger partial charge in [-0.05, 0) is 50.4 Å². The molecule has 9 heteroatoms. The van der Waals surface area contributed by atoms with Gasteiger partial charge in [0.05, 0.1) is 11.0 Å². The molecule has 1 saturated carbocycles. The van der Waals surface area contributed by atoms with Crippen LogP contribution in [0.1, 0.15) is 44.2 Å². The number of carboxylic acid groups (broad SMARTS) is 1. The highest BCUT2D eigenvalue weighted by molar-refractivity contribution is 5.90. The average Bonchev–Trinajstić information content (AvgIpc) is 3.08. The number of ketones is 1. The fourth-order valence-electron chi connectivity index (χ4n) is 6.37. The monoisotopic (exact) mass is 444 g/mol. The number of nitrogens with one attached hydrogen (secondary N) is 1. The van der Waals surface area contributed by atoms with Crippen molar-refractivity contribution in [2.75, 3.05) is 13.6 Å². The Bertz CT molecular complexity index is 1020. The van der Waals surface area contributed by atoms with Crippen LogP contribution in [0.15, 0.2) is 12.1 Å². The third-order valence-corrected chi connectivity index (χ3v) is 7.92. The zero-order valence-electron chi connectivity index (χ0n) is 18.4. The zero-order chi connectivity index (χ0) is 23.0. The molecule has 3 N–H and O–H groups in total. The first-order chi connectivity index (χ1) is 15.1. The van der Waals surface area contributed by atoms with Gasteiger partial charge in [0.2, 0.25) is 0 Å². The van der Waals surface area contributed by atoms with Crippen LogP contribution in [0.3, 0.4) is 0 Å². The summed E-state index contributed by atoms with van der Waals surface area (Å²) in [4.78, 5) is 39.0. The number of carbonyl (C=O) groups excluding carboxylic acids is 2. The molecule has 1 saturated heterocycles. The summed E-state index contributed by atoms with van der Waals surface area (Å²) in [5.41, 5.74) is -0.216. The number of hydrogen-bond donors (Lipinski definition) is 3. The number of aliphatic hydroxyl groups is 1. The van der Waals surface area contributed by atoms with Gasteiger partial charge in [-0.1, -0.05) is 19.9 Å². The van der Waals surface area contributed by atoms with E-state index in [2.05, 4.69) is 10.2 Å². The minimum Gasteiger partial charge on any atom is -0.480 e. The SMILES string of the molecule is CC(C)C(NC(=O)Oc1ccc2c3c1O[C@H]1C(=O)CC[C@@]4(O)[C@@H](C2)N(C)CC[C@]314)C(=O)O. The van der Waals surface area contributed by atoms with Gasteiger partial charge in [-0.3, -0.25) is 4.79 Å². The molecule has 1 unspecified atom stereocenters. The normalized spacial score (nSPS) is 33.3. The molecule has 1 spiro atoms. The summed E-state index contributed by atoms with van der Waals surface area (Å²) < 4.78 is 11.7. The number of rotatable bonds is 4. The molecule has 2 aliphatic carbocycles. The second-order valence-electron chi connectivity index (χ2n) is 9.83. The average molecular weight is 444 g/mol. The number of benzene rings is 1. The molecule has 4 aliphatic rings. The molecule has 1 amide bonds. The van der Waals surface area contributed by atoms with Crippen molar-refractivity contribution in [3.05, 3.63) is 23.3 Å². The molecular weight excluding hydrogens is 416 g/mol. The van der Waals surface area contributed by atoms with Crippen LogP contribution in [0.2, 0.25) is 0 Å². The first-order valence-corrected chi connectivity index (χ1v) is 11.1. The molecule has 1 aromatic carbocycles. The summed E-state index contributed by atoms with van der Waals surface area (Å²) in [6.45, 7) is 4.10. The molecule has 172 valence electrons. The number of amides is 1. The van der Waals surface area contributed by atoms with Gasteiger partial charge >= 0.3 is 12.1 Å². The van der Waals surface area contributed by atoms with Gasteiger partial charge in [-0.15, -0.1) is 0 Å². The van der Waals surface area contributed by atoms with Gasteiger partial charge in [-0.2, -0.15) is 0 Å². The molecule has 32 heavy (non-hydrogen) atoms. The van der Waals surface area contributed by atoms with Crippen molar-refractivity contribution in [1.82, 2.24) is 10.2 Å². The Balaban J connectivity index is 1.55. The number of hydrogen-bond acceptors (Lipinski definition) is 7. The van der Waals surface area contributed by atoms with Crippen LogP contribution in [0.5, 0.6) is 11.5 Å². The van der Waals surface area contributed by atoms with Gasteiger partial charge in [0.1, 0.15) is 6.04 Å². The van der Waals surface area contributed by atoms with Gasteiger partial charge in [0, 0.05) is 18.0 Å². The van der Waals surface area contributed by atoms with Crippen molar-refractivity contribution in [2.24, 2.45) is 5.92 Å². The standard InChI is InChI=1S/C23H28N2O7/c1-11(2)17(20(27)28)24-21(29)31-14-5-4-12-10-15-23(30)7-6-13(26)19-22(23,8-9-25(15)3)16(12)18(14)32-19/h4-5,11,15,17,19,30H,6-10H2,1-3H3,(H,24,29)(H,27,28)/t15-,17?,19+,22+,23-/m1/s1. The fourth-order valence-corrected chi connectivity index (χ4v) is 6.37. The molecule has 2 fully saturated rings. The van der Waals surface area contributed by atoms with Crippen LogP contribution in [-0.4, -0.2) is 70.3 Å². The molecule has 2 bridgehead atoms. The van der Waals surface area contributed by atoms with Crippen LogP contribution in [0.4, 0.5) is 4.79 Å². The van der Waals surface area contributed by atoms with Crippen LogP contribution in [0, 0.1) is 5.92 Å². The predicted molar refractivity (Wildman–Crippen MR) is 112 cm³/mol.